The van der Waals surface area contributed by atoms with Gasteiger partial charge in [0.2, 0.25) is 0 Å². The Labute approximate surface area is 172 Å². The number of furan rings is 1. The van der Waals surface area contributed by atoms with Gasteiger partial charge >= 0.3 is 0 Å². The predicted molar refractivity (Wildman–Crippen MR) is 104 cm³/mol. The molecule has 1 aromatic heterocycles. The Morgan fingerprint density at radius 1 is 1.07 bits per heavy atom. The quantitative estimate of drug-likeness (QED) is 0.317. The van der Waals surface area contributed by atoms with E-state index in [9.17, 15) is 30.1 Å². The average molecular weight is 434 g/mol. The second-order valence-electron chi connectivity index (χ2n) is 5.84. The molecule has 0 aliphatic rings. The van der Waals surface area contributed by atoms with Gasteiger partial charge in [-0.15, -0.1) is 0 Å². The number of hydrogen-bond acceptors (Lipinski definition) is 8. The third-order valence-corrected chi connectivity index (χ3v) is 4.13. The molecule has 12 heteroatoms. The molecule has 0 bridgehead atoms. The fraction of sp³-hybridized carbons (Fsp3) is 0.0556. The number of phenols is 1. The molecular formula is C18H12ClN3O8. The van der Waals surface area contributed by atoms with Gasteiger partial charge in [0.1, 0.15) is 23.9 Å². The molecule has 11 nitrogen and oxygen atoms in total. The van der Waals surface area contributed by atoms with E-state index in [-0.39, 0.29) is 46.0 Å². The van der Waals surface area contributed by atoms with Crippen molar-refractivity contribution in [3.05, 3.63) is 85.3 Å². The third kappa shape index (κ3) is 4.64. The van der Waals surface area contributed by atoms with Crippen molar-refractivity contribution in [3.8, 4) is 11.5 Å². The topological polar surface area (TPSA) is 158 Å². The van der Waals surface area contributed by atoms with Crippen molar-refractivity contribution in [2.45, 2.75) is 6.61 Å². The van der Waals surface area contributed by atoms with Crippen LogP contribution in [0.1, 0.15) is 16.3 Å². The first-order valence-corrected chi connectivity index (χ1v) is 8.56. The van der Waals surface area contributed by atoms with E-state index in [1.807, 2.05) is 0 Å². The van der Waals surface area contributed by atoms with Crippen LogP contribution in [0.3, 0.4) is 0 Å². The molecular weight excluding hydrogens is 422 g/mol. The number of carbonyl (C=O) groups excluding carboxylic acids is 1. The van der Waals surface area contributed by atoms with Gasteiger partial charge in [0.25, 0.3) is 17.3 Å². The van der Waals surface area contributed by atoms with Crippen LogP contribution in [0.25, 0.3) is 0 Å². The number of nitro benzene ring substituents is 2. The number of amides is 1. The van der Waals surface area contributed by atoms with E-state index in [4.69, 9.17) is 20.8 Å². The molecule has 0 saturated carbocycles. The number of hydrogen-bond donors (Lipinski definition) is 2. The second-order valence-corrected chi connectivity index (χ2v) is 6.25. The highest BCUT2D eigenvalue weighted by Gasteiger charge is 2.17. The van der Waals surface area contributed by atoms with Crippen LogP contribution >= 0.6 is 11.6 Å². The SMILES string of the molecule is O=C(Nc1ccc([N+](=O)[O-])cc1O)c1ccc(COc2cc([N+](=O)[O-])ccc2Cl)o1. The lowest BCUT2D eigenvalue weighted by atomic mass is 10.2. The number of benzene rings is 2. The van der Waals surface area contributed by atoms with E-state index >= 15 is 0 Å². The van der Waals surface area contributed by atoms with Gasteiger partial charge in [-0.05, 0) is 24.3 Å². The molecule has 0 atom stereocenters. The standard InChI is InChI=1S/C18H12ClN3O8/c19-13-4-1-11(22(27)28)8-17(13)29-9-12-3-6-16(30-12)18(24)20-14-5-2-10(21(25)26)7-15(14)23/h1-8,23H,9H2,(H,20,24). The molecule has 30 heavy (non-hydrogen) atoms. The summed E-state index contributed by atoms with van der Waals surface area (Å²) in [7, 11) is 0. The number of aromatic hydroxyl groups is 1. The molecule has 154 valence electrons. The molecule has 2 aromatic carbocycles. The molecule has 1 heterocycles. The Balaban J connectivity index is 1.66. The van der Waals surface area contributed by atoms with Crippen LogP contribution in [-0.2, 0) is 6.61 Å². The zero-order valence-corrected chi connectivity index (χ0v) is 15.7. The molecule has 0 saturated heterocycles. The van der Waals surface area contributed by atoms with Crippen LogP contribution in [0.15, 0.2) is 52.9 Å². The summed E-state index contributed by atoms with van der Waals surface area (Å²) in [5, 5.41) is 33.9. The van der Waals surface area contributed by atoms with Crippen LogP contribution < -0.4 is 10.1 Å². The lowest BCUT2D eigenvalue weighted by molar-refractivity contribution is -0.385. The fourth-order valence-electron chi connectivity index (χ4n) is 2.37. The predicted octanol–water partition coefficient (Wildman–Crippen LogP) is 4.29. The number of carbonyl (C=O) groups is 1. The lowest BCUT2D eigenvalue weighted by Crippen LogP contribution is -2.11. The van der Waals surface area contributed by atoms with Gasteiger partial charge in [-0.3, -0.25) is 25.0 Å². The van der Waals surface area contributed by atoms with Crippen LogP contribution in [0.5, 0.6) is 11.5 Å². The first kappa shape index (κ1) is 20.6. The summed E-state index contributed by atoms with van der Waals surface area (Å²) in [5.41, 5.74) is -0.567. The summed E-state index contributed by atoms with van der Waals surface area (Å²) in [6.45, 7) is -0.156. The molecule has 0 spiro atoms. The Hall–Kier alpha value is -4.12. The number of anilines is 1. The monoisotopic (exact) mass is 433 g/mol. The van der Waals surface area contributed by atoms with Crippen LogP contribution in [0.2, 0.25) is 5.02 Å². The molecule has 2 N–H and O–H groups in total. The first-order valence-electron chi connectivity index (χ1n) is 8.19. The Kier molecular flexibility index (Phi) is 5.83. The molecule has 3 aromatic rings. The number of non-ortho nitro benzene ring substituents is 2. The molecule has 0 unspecified atom stereocenters. The number of nitro groups is 2. The van der Waals surface area contributed by atoms with E-state index < -0.39 is 21.5 Å². The average Bonchev–Trinajstić information content (AvgIpc) is 3.17. The number of nitrogens with zero attached hydrogens (tertiary/aromatic N) is 2. The number of phenolic OH excluding ortho intramolecular Hbond substituents is 1. The maximum atomic E-state index is 12.3. The minimum atomic E-state index is -0.709. The maximum absolute atomic E-state index is 12.3. The summed E-state index contributed by atoms with van der Waals surface area (Å²) >= 11 is 5.95. The van der Waals surface area contributed by atoms with E-state index in [0.717, 1.165) is 18.2 Å². The number of rotatable bonds is 7. The molecule has 1 amide bonds. The molecule has 0 radical (unpaired) electrons. The largest absolute Gasteiger partial charge is 0.506 e. The Bertz CT molecular complexity index is 1140. The van der Waals surface area contributed by atoms with Crippen LogP contribution in [0.4, 0.5) is 17.1 Å². The minimum Gasteiger partial charge on any atom is -0.506 e. The molecule has 3 rings (SSSR count). The fourth-order valence-corrected chi connectivity index (χ4v) is 2.54. The maximum Gasteiger partial charge on any atom is 0.291 e. The highest BCUT2D eigenvalue weighted by atomic mass is 35.5. The van der Waals surface area contributed by atoms with Gasteiger partial charge in [0.15, 0.2) is 5.76 Å². The Morgan fingerprint density at radius 3 is 2.40 bits per heavy atom. The number of halogens is 1. The summed E-state index contributed by atoms with van der Waals surface area (Å²) in [4.78, 5) is 32.5. The number of ether oxygens (including phenoxy) is 1. The van der Waals surface area contributed by atoms with Gasteiger partial charge in [0.05, 0.1) is 32.7 Å². The third-order valence-electron chi connectivity index (χ3n) is 3.82. The first-order chi connectivity index (χ1) is 14.2. The summed E-state index contributed by atoms with van der Waals surface area (Å²) in [6, 6.07) is 9.74. The zero-order chi connectivity index (χ0) is 21.8. The lowest BCUT2D eigenvalue weighted by Gasteiger charge is -2.07. The molecule has 0 fully saturated rings. The van der Waals surface area contributed by atoms with E-state index in [1.165, 1.54) is 30.3 Å². The van der Waals surface area contributed by atoms with Crippen molar-refractivity contribution in [3.63, 3.8) is 0 Å². The minimum absolute atomic E-state index is 0.0387. The summed E-state index contributed by atoms with van der Waals surface area (Å²) in [5.74, 6) is -0.997. The van der Waals surface area contributed by atoms with Crippen molar-refractivity contribution in [2.75, 3.05) is 5.32 Å². The number of nitrogens with one attached hydrogen (secondary N) is 1. The van der Waals surface area contributed by atoms with E-state index in [0.29, 0.717) is 0 Å². The van der Waals surface area contributed by atoms with Crippen molar-refractivity contribution in [2.24, 2.45) is 0 Å². The summed E-state index contributed by atoms with van der Waals surface area (Å²) < 4.78 is 10.8. The summed E-state index contributed by atoms with van der Waals surface area (Å²) in [6.07, 6.45) is 0. The highest BCUT2D eigenvalue weighted by molar-refractivity contribution is 6.32. The Morgan fingerprint density at radius 2 is 1.73 bits per heavy atom. The van der Waals surface area contributed by atoms with Gasteiger partial charge in [-0.2, -0.15) is 0 Å². The van der Waals surface area contributed by atoms with Gasteiger partial charge in [-0.25, -0.2) is 0 Å². The van der Waals surface area contributed by atoms with Crippen molar-refractivity contribution < 1.29 is 28.9 Å². The molecule has 0 aliphatic heterocycles. The van der Waals surface area contributed by atoms with Crippen molar-refractivity contribution >= 4 is 34.6 Å². The van der Waals surface area contributed by atoms with Crippen LogP contribution in [-0.4, -0.2) is 20.9 Å². The zero-order valence-electron chi connectivity index (χ0n) is 14.9. The van der Waals surface area contributed by atoms with Gasteiger partial charge < -0.3 is 19.6 Å². The van der Waals surface area contributed by atoms with Crippen LogP contribution in [0, 0.1) is 20.2 Å². The van der Waals surface area contributed by atoms with E-state index in [2.05, 4.69) is 5.32 Å². The van der Waals surface area contributed by atoms with Crippen molar-refractivity contribution in [1.29, 1.82) is 0 Å². The normalized spacial score (nSPS) is 10.4. The van der Waals surface area contributed by atoms with Gasteiger partial charge in [0, 0.05) is 12.1 Å². The highest BCUT2D eigenvalue weighted by Crippen LogP contribution is 2.30. The van der Waals surface area contributed by atoms with Gasteiger partial charge in [-0.1, -0.05) is 11.6 Å². The smallest absolute Gasteiger partial charge is 0.291 e. The molecule has 0 aliphatic carbocycles. The van der Waals surface area contributed by atoms with Crippen molar-refractivity contribution in [1.82, 2.24) is 0 Å². The second kappa shape index (κ2) is 8.49. The van der Waals surface area contributed by atoms with E-state index in [1.54, 1.807) is 0 Å².